The Bertz CT molecular complexity index is 2210. The Balaban J connectivity index is 0.000000205. The Morgan fingerprint density at radius 1 is 0.660 bits per heavy atom. The van der Waals surface area contributed by atoms with E-state index < -0.39 is 11.8 Å². The second-order valence-corrected chi connectivity index (χ2v) is 13.8. The molecule has 4 heteroatoms. The van der Waals surface area contributed by atoms with Gasteiger partial charge in [-0.3, -0.25) is 4.98 Å². The van der Waals surface area contributed by atoms with Crippen molar-refractivity contribution < 1.29 is 22.8 Å². The fourth-order valence-electron chi connectivity index (χ4n) is 6.03. The summed E-state index contributed by atoms with van der Waals surface area (Å²) in [6.07, 6.45) is 1.86. The maximum atomic E-state index is 8.80. The van der Waals surface area contributed by atoms with E-state index in [0.717, 1.165) is 50.5 Å². The molecule has 0 amide bonds. The van der Waals surface area contributed by atoms with Crippen molar-refractivity contribution >= 4 is 11.0 Å². The van der Waals surface area contributed by atoms with Gasteiger partial charge >= 0.3 is 0 Å². The molecule has 7 aromatic rings. The zero-order chi connectivity index (χ0) is 36.4. The average Bonchev–Trinajstić information content (AvgIpc) is 3.51. The van der Waals surface area contributed by atoms with Crippen LogP contribution in [0.1, 0.15) is 79.7 Å². The monoisotopic (exact) mass is 834 g/mol. The van der Waals surface area contributed by atoms with Gasteiger partial charge in [-0.25, -0.2) is 0 Å². The first-order chi connectivity index (χ1) is 24.2. The third kappa shape index (κ3) is 8.05. The molecule has 2 heterocycles. The molecule has 5 aromatic carbocycles. The summed E-state index contributed by atoms with van der Waals surface area (Å²) in [6.45, 7) is 14.3. The first-order valence-electron chi connectivity index (χ1n) is 17.8. The first kappa shape index (κ1) is 33.8. The fraction of sp³-hybridized carbons (Fsp3) is 0.217. The van der Waals surface area contributed by atoms with Gasteiger partial charge in [0.15, 0.2) is 0 Å². The number of aromatic nitrogens is 3. The number of fused-ring (bicyclic) bond motifs is 1. The van der Waals surface area contributed by atoms with Gasteiger partial charge in [-0.15, -0.1) is 71.8 Å². The number of benzene rings is 5. The van der Waals surface area contributed by atoms with Crippen LogP contribution < -0.4 is 0 Å². The molecule has 0 saturated heterocycles. The van der Waals surface area contributed by atoms with E-state index in [4.69, 9.17) is 7.73 Å². The van der Waals surface area contributed by atoms with Crippen LogP contribution in [0.4, 0.5) is 0 Å². The molecule has 0 saturated carbocycles. The molecule has 50 heavy (non-hydrogen) atoms. The molecule has 0 bridgehead atoms. The van der Waals surface area contributed by atoms with Gasteiger partial charge in [-0.1, -0.05) is 109 Å². The van der Waals surface area contributed by atoms with Crippen LogP contribution in [0.25, 0.3) is 50.5 Å². The Labute approximate surface area is 314 Å². The Kier molecular flexibility index (Phi) is 10.8. The molecular formula is C46H45IrN3-2. The van der Waals surface area contributed by atoms with Crippen LogP contribution >= 0.6 is 0 Å². The number of rotatable bonds is 6. The van der Waals surface area contributed by atoms with Crippen molar-refractivity contribution in [1.29, 1.82) is 0 Å². The van der Waals surface area contributed by atoms with Crippen LogP contribution in [-0.2, 0) is 25.5 Å². The predicted octanol–water partition coefficient (Wildman–Crippen LogP) is 12.3. The standard InChI is InChI=1S/C25H25N2.C21H20N.Ir/c1-17(2)20-13-10-14-21(18(3)4)24(20)27-23-16-9-8-15-22(23)26-25(27)19-11-6-5-7-12-19;1-21(2,3)19-11-9-16(10-12-19)18-13-14-22-20(15-18)17-7-5-4-6-8-17;/h5-11,13-18H,1-4H3;4-7,9-15H,1-3H3;/q2*-1;/i17D,18D;;. The summed E-state index contributed by atoms with van der Waals surface area (Å²) in [5, 5.41) is 0. The molecule has 0 unspecified atom stereocenters. The third-order valence-electron chi connectivity index (χ3n) is 8.68. The minimum atomic E-state index is -0.834. The zero-order valence-corrected chi connectivity index (χ0v) is 32.3. The third-order valence-corrected chi connectivity index (χ3v) is 8.68. The summed E-state index contributed by atoms with van der Waals surface area (Å²) >= 11 is 0. The van der Waals surface area contributed by atoms with E-state index in [2.05, 4.69) is 78.9 Å². The van der Waals surface area contributed by atoms with Crippen LogP contribution in [-0.4, -0.2) is 14.5 Å². The van der Waals surface area contributed by atoms with Gasteiger partial charge in [0.1, 0.15) is 0 Å². The Morgan fingerprint density at radius 3 is 1.84 bits per heavy atom. The van der Waals surface area contributed by atoms with Crippen molar-refractivity contribution in [2.75, 3.05) is 0 Å². The molecule has 7 rings (SSSR count). The van der Waals surface area contributed by atoms with E-state index >= 15 is 0 Å². The molecule has 255 valence electrons. The molecule has 1 radical (unpaired) electrons. The largest absolute Gasteiger partial charge is 0.333 e. The van der Waals surface area contributed by atoms with E-state index in [1.165, 1.54) is 16.7 Å². The SMILES string of the molecule is CC(C)(C)c1ccc(-c2ccnc(-c3[c-]cccc3)c2)cc1.[2H]C(C)(C)c1cccc(C([2H])(C)C)c1-n1c(-c2[c-]cccc2)nc2ccccc21.[Ir]. The number of nitrogens with zero attached hydrogens (tertiary/aromatic N) is 3. The van der Waals surface area contributed by atoms with E-state index in [9.17, 15) is 0 Å². The maximum Gasteiger partial charge on any atom is 0.0774 e. The van der Waals surface area contributed by atoms with Crippen molar-refractivity contribution in [3.05, 3.63) is 162 Å². The molecule has 0 N–H and O–H groups in total. The molecule has 0 aliphatic carbocycles. The molecular weight excluding hydrogens is 787 g/mol. The van der Waals surface area contributed by atoms with E-state index in [1.807, 2.05) is 125 Å². The van der Waals surface area contributed by atoms with Crippen molar-refractivity contribution in [1.82, 2.24) is 14.5 Å². The number of hydrogen-bond acceptors (Lipinski definition) is 2. The molecule has 3 nitrogen and oxygen atoms in total. The van der Waals surface area contributed by atoms with E-state index in [1.54, 1.807) is 0 Å². The van der Waals surface area contributed by atoms with Crippen LogP contribution in [0.5, 0.6) is 0 Å². The minimum absolute atomic E-state index is 0. The average molecular weight is 834 g/mol. The van der Waals surface area contributed by atoms with Gasteiger partial charge in [0.2, 0.25) is 0 Å². The number of imidazole rings is 1. The second-order valence-electron chi connectivity index (χ2n) is 13.8. The van der Waals surface area contributed by atoms with Gasteiger partial charge in [0, 0.05) is 34.7 Å². The summed E-state index contributed by atoms with van der Waals surface area (Å²) in [5.74, 6) is -0.895. The topological polar surface area (TPSA) is 30.7 Å². The summed E-state index contributed by atoms with van der Waals surface area (Å²) in [4.78, 5) is 9.38. The van der Waals surface area contributed by atoms with Gasteiger partial charge in [-0.05, 0) is 68.9 Å². The van der Waals surface area contributed by atoms with Crippen LogP contribution in [0, 0.1) is 12.1 Å². The van der Waals surface area contributed by atoms with Gasteiger partial charge in [-0.2, -0.15) is 0 Å². The first-order valence-corrected chi connectivity index (χ1v) is 16.8. The minimum Gasteiger partial charge on any atom is -0.333 e. The van der Waals surface area contributed by atoms with E-state index in [0.29, 0.717) is 0 Å². The quantitative estimate of drug-likeness (QED) is 0.156. The van der Waals surface area contributed by atoms with Crippen LogP contribution in [0.2, 0.25) is 0 Å². The van der Waals surface area contributed by atoms with Gasteiger partial charge in [0.25, 0.3) is 0 Å². The second kappa shape index (κ2) is 15.9. The van der Waals surface area contributed by atoms with E-state index in [-0.39, 0.29) is 25.5 Å². The van der Waals surface area contributed by atoms with Crippen LogP contribution in [0.3, 0.4) is 0 Å². The molecule has 0 spiro atoms. The normalized spacial score (nSPS) is 12.3. The van der Waals surface area contributed by atoms with Gasteiger partial charge < -0.3 is 9.55 Å². The van der Waals surface area contributed by atoms with Crippen molar-refractivity contribution in [3.8, 4) is 39.5 Å². The number of hydrogen-bond donors (Lipinski definition) is 0. The molecule has 0 aliphatic heterocycles. The van der Waals surface area contributed by atoms with Gasteiger partial charge in [0.05, 0.1) is 16.9 Å². The summed E-state index contributed by atoms with van der Waals surface area (Å²) in [7, 11) is 0. The predicted molar refractivity (Wildman–Crippen MR) is 206 cm³/mol. The summed E-state index contributed by atoms with van der Waals surface area (Å²) in [6, 6.07) is 49.2. The Morgan fingerprint density at radius 2 is 1.26 bits per heavy atom. The molecule has 0 fully saturated rings. The summed E-state index contributed by atoms with van der Waals surface area (Å²) in [5.41, 5.74) is 11.2. The van der Waals surface area contributed by atoms with Crippen LogP contribution in [0.15, 0.2) is 134 Å². The van der Waals surface area contributed by atoms with Crippen molar-refractivity contribution in [2.24, 2.45) is 0 Å². The molecule has 0 aliphatic rings. The smallest absolute Gasteiger partial charge is 0.0774 e. The maximum absolute atomic E-state index is 8.80. The zero-order valence-electron chi connectivity index (χ0n) is 31.9. The van der Waals surface area contributed by atoms with Crippen molar-refractivity contribution in [2.45, 2.75) is 65.7 Å². The number of pyridine rings is 1. The van der Waals surface area contributed by atoms with Crippen molar-refractivity contribution in [3.63, 3.8) is 0 Å². The Hall–Kier alpha value is -4.63. The summed E-state index contributed by atoms with van der Waals surface area (Å²) < 4.78 is 19.7. The number of para-hydroxylation sites is 3. The fourth-order valence-corrected chi connectivity index (χ4v) is 6.03. The molecule has 0 atom stereocenters. The molecule has 2 aromatic heterocycles.